The van der Waals surface area contributed by atoms with Crippen molar-refractivity contribution in [3.8, 4) is 0 Å². The predicted molar refractivity (Wildman–Crippen MR) is 88.9 cm³/mol. The van der Waals surface area contributed by atoms with Gasteiger partial charge in [-0.25, -0.2) is 0 Å². The van der Waals surface area contributed by atoms with Crippen LogP contribution in [0.4, 0.5) is 0 Å². The van der Waals surface area contributed by atoms with E-state index in [9.17, 15) is 4.79 Å². The van der Waals surface area contributed by atoms with E-state index in [1.807, 2.05) is 0 Å². The second kappa shape index (κ2) is 4.85. The van der Waals surface area contributed by atoms with Crippen LogP contribution in [0.2, 0.25) is 0 Å². The Morgan fingerprint density at radius 2 is 1.86 bits per heavy atom. The van der Waals surface area contributed by atoms with Crippen LogP contribution in [0, 0.1) is 40.4 Å². The molecule has 3 saturated carbocycles. The number of carbonyl (C=O) groups is 1. The molecule has 0 saturated heterocycles. The van der Waals surface area contributed by atoms with Gasteiger partial charge >= 0.3 is 0 Å². The van der Waals surface area contributed by atoms with Crippen molar-refractivity contribution >= 4 is 5.91 Å². The lowest BCUT2D eigenvalue weighted by molar-refractivity contribution is -0.130. The quantitative estimate of drug-likeness (QED) is 0.721. The Kier molecular flexibility index (Phi) is 3.26. The summed E-state index contributed by atoms with van der Waals surface area (Å²) >= 11 is 0. The Morgan fingerprint density at radius 1 is 1.05 bits per heavy atom. The Hall–Kier alpha value is -0.790. The second-order valence-electron chi connectivity index (χ2n) is 9.07. The number of primary amides is 1. The maximum atomic E-state index is 11.9. The lowest BCUT2D eigenvalue weighted by Gasteiger charge is -2.59. The molecule has 7 atom stereocenters. The molecule has 2 N–H and O–H groups in total. The SMILES string of the molecule is C[C@]12C=CCCC1CC[C@@H]1[C@H]2CC[C@]2(C)C(C(N)=O)CC[C@@H]12. The molecule has 0 aromatic carbocycles. The van der Waals surface area contributed by atoms with Crippen molar-refractivity contribution in [1.29, 1.82) is 0 Å². The van der Waals surface area contributed by atoms with E-state index >= 15 is 0 Å². The van der Waals surface area contributed by atoms with Crippen molar-refractivity contribution in [3.63, 3.8) is 0 Å². The van der Waals surface area contributed by atoms with Crippen LogP contribution in [0.25, 0.3) is 0 Å². The third-order valence-corrected chi connectivity index (χ3v) is 8.47. The number of rotatable bonds is 1. The first-order valence-corrected chi connectivity index (χ1v) is 9.44. The minimum absolute atomic E-state index is 0.0408. The van der Waals surface area contributed by atoms with Crippen molar-refractivity contribution in [2.75, 3.05) is 0 Å². The average Bonchev–Trinajstić information content (AvgIpc) is 2.84. The summed E-state index contributed by atoms with van der Waals surface area (Å²) in [6, 6.07) is 0. The summed E-state index contributed by atoms with van der Waals surface area (Å²) in [6.45, 7) is 4.91. The number of hydrogen-bond donors (Lipinski definition) is 1. The van der Waals surface area contributed by atoms with Gasteiger partial charge < -0.3 is 5.73 Å². The van der Waals surface area contributed by atoms with E-state index in [1.165, 1.54) is 44.9 Å². The molecule has 4 aliphatic rings. The first-order valence-electron chi connectivity index (χ1n) is 9.44. The van der Waals surface area contributed by atoms with Gasteiger partial charge in [0.15, 0.2) is 0 Å². The highest BCUT2D eigenvalue weighted by molar-refractivity contribution is 5.78. The highest BCUT2D eigenvalue weighted by Gasteiger charge is 2.60. The number of hydrogen-bond acceptors (Lipinski definition) is 1. The zero-order valence-electron chi connectivity index (χ0n) is 14.2. The Bertz CT molecular complexity index is 512. The topological polar surface area (TPSA) is 43.1 Å². The molecule has 2 unspecified atom stereocenters. The molecule has 3 fully saturated rings. The summed E-state index contributed by atoms with van der Waals surface area (Å²) < 4.78 is 0. The van der Waals surface area contributed by atoms with Gasteiger partial charge in [0.1, 0.15) is 0 Å². The van der Waals surface area contributed by atoms with Crippen LogP contribution in [0.1, 0.15) is 65.2 Å². The maximum absolute atomic E-state index is 11.9. The number of allylic oxidation sites excluding steroid dienone is 2. The van der Waals surface area contributed by atoms with Crippen LogP contribution >= 0.6 is 0 Å². The van der Waals surface area contributed by atoms with Gasteiger partial charge in [-0.15, -0.1) is 0 Å². The van der Waals surface area contributed by atoms with E-state index in [4.69, 9.17) is 5.73 Å². The monoisotopic (exact) mass is 301 g/mol. The highest BCUT2D eigenvalue weighted by Crippen LogP contribution is 2.66. The minimum atomic E-state index is -0.0408. The molecule has 4 rings (SSSR count). The summed E-state index contributed by atoms with van der Waals surface area (Å²) in [5.41, 5.74) is 6.35. The second-order valence-corrected chi connectivity index (χ2v) is 9.07. The van der Waals surface area contributed by atoms with E-state index in [0.29, 0.717) is 5.41 Å². The van der Waals surface area contributed by atoms with E-state index in [2.05, 4.69) is 26.0 Å². The first-order chi connectivity index (χ1) is 10.5. The molecule has 22 heavy (non-hydrogen) atoms. The molecular formula is C20H31NO. The molecule has 0 aromatic rings. The number of carbonyl (C=O) groups excluding carboxylic acids is 1. The van der Waals surface area contributed by atoms with Gasteiger partial charge in [0, 0.05) is 5.92 Å². The Morgan fingerprint density at radius 3 is 2.64 bits per heavy atom. The molecule has 2 heteroatoms. The van der Waals surface area contributed by atoms with Gasteiger partial charge in [0.2, 0.25) is 5.91 Å². The summed E-state index contributed by atoms with van der Waals surface area (Å²) in [4.78, 5) is 11.9. The number of fused-ring (bicyclic) bond motifs is 5. The third kappa shape index (κ3) is 1.82. The zero-order valence-corrected chi connectivity index (χ0v) is 14.2. The van der Waals surface area contributed by atoms with Crippen molar-refractivity contribution in [2.45, 2.75) is 65.2 Å². The van der Waals surface area contributed by atoms with Crippen LogP contribution < -0.4 is 5.73 Å². The predicted octanol–water partition coefficient (Wildman–Crippen LogP) is 4.30. The standard InChI is InChI=1S/C20H31NO/c1-19-11-4-3-5-13(19)6-7-14-15-8-9-17(18(21)22)20(15,2)12-10-16(14)19/h4,11,13-17H,3,5-10,12H2,1-2H3,(H2,21,22)/t13?,14-,15-,16+,17?,19-,20-/m0/s1. The van der Waals surface area contributed by atoms with Gasteiger partial charge in [-0.05, 0) is 85.9 Å². The van der Waals surface area contributed by atoms with E-state index < -0.39 is 0 Å². The number of nitrogens with two attached hydrogens (primary N) is 1. The van der Waals surface area contributed by atoms with Crippen LogP contribution in [0.5, 0.6) is 0 Å². The summed E-state index contributed by atoms with van der Waals surface area (Å²) in [7, 11) is 0. The highest BCUT2D eigenvalue weighted by atomic mass is 16.1. The maximum Gasteiger partial charge on any atom is 0.221 e. The van der Waals surface area contributed by atoms with Crippen molar-refractivity contribution in [2.24, 2.45) is 46.2 Å². The fourth-order valence-electron chi connectivity index (χ4n) is 7.29. The normalized spacial score (nSPS) is 53.5. The lowest BCUT2D eigenvalue weighted by atomic mass is 9.46. The largest absolute Gasteiger partial charge is 0.369 e. The molecule has 2 nitrogen and oxygen atoms in total. The fraction of sp³-hybridized carbons (Fsp3) is 0.850. The van der Waals surface area contributed by atoms with Gasteiger partial charge in [0.05, 0.1) is 0 Å². The molecule has 0 bridgehead atoms. The molecular weight excluding hydrogens is 270 g/mol. The van der Waals surface area contributed by atoms with Crippen molar-refractivity contribution in [3.05, 3.63) is 12.2 Å². The summed E-state index contributed by atoms with van der Waals surface area (Å²) in [6.07, 6.45) is 15.3. The molecule has 0 heterocycles. The third-order valence-electron chi connectivity index (χ3n) is 8.47. The molecule has 122 valence electrons. The van der Waals surface area contributed by atoms with Crippen LogP contribution in [-0.2, 0) is 4.79 Å². The minimum Gasteiger partial charge on any atom is -0.369 e. The summed E-state index contributed by atoms with van der Waals surface area (Å²) in [5, 5.41) is 0. The molecule has 0 spiro atoms. The van der Waals surface area contributed by atoms with E-state index in [-0.39, 0.29) is 17.2 Å². The fourth-order valence-corrected chi connectivity index (χ4v) is 7.29. The lowest BCUT2D eigenvalue weighted by Crippen LogP contribution is -2.52. The molecule has 1 amide bonds. The van der Waals surface area contributed by atoms with Gasteiger partial charge in [-0.3, -0.25) is 4.79 Å². The van der Waals surface area contributed by atoms with Gasteiger partial charge in [0.25, 0.3) is 0 Å². The van der Waals surface area contributed by atoms with Gasteiger partial charge in [-0.1, -0.05) is 26.0 Å². The van der Waals surface area contributed by atoms with Crippen LogP contribution in [0.3, 0.4) is 0 Å². The zero-order chi connectivity index (χ0) is 15.5. The smallest absolute Gasteiger partial charge is 0.221 e. The molecule has 0 aromatic heterocycles. The Balaban J connectivity index is 1.66. The van der Waals surface area contributed by atoms with E-state index in [0.717, 1.165) is 30.1 Å². The Labute approximate surface area is 134 Å². The van der Waals surface area contributed by atoms with Crippen molar-refractivity contribution < 1.29 is 4.79 Å². The van der Waals surface area contributed by atoms with E-state index in [1.54, 1.807) is 0 Å². The van der Waals surface area contributed by atoms with Gasteiger partial charge in [-0.2, -0.15) is 0 Å². The van der Waals surface area contributed by atoms with Crippen LogP contribution in [0.15, 0.2) is 12.2 Å². The molecule has 4 aliphatic carbocycles. The average molecular weight is 301 g/mol. The van der Waals surface area contributed by atoms with Crippen molar-refractivity contribution in [1.82, 2.24) is 0 Å². The first kappa shape index (κ1) is 14.8. The molecule has 0 radical (unpaired) electrons. The summed E-state index contributed by atoms with van der Waals surface area (Å²) in [5.74, 6) is 3.39. The number of amides is 1. The van der Waals surface area contributed by atoms with Crippen LogP contribution in [-0.4, -0.2) is 5.91 Å². The molecule has 0 aliphatic heterocycles.